The van der Waals surface area contributed by atoms with Crippen LogP contribution < -0.4 is 5.32 Å². The molecule has 2 aromatic rings. The number of anilines is 1. The fourth-order valence-electron chi connectivity index (χ4n) is 3.20. The van der Waals surface area contributed by atoms with Gasteiger partial charge in [0, 0.05) is 24.6 Å². The van der Waals surface area contributed by atoms with Gasteiger partial charge >= 0.3 is 6.01 Å². The van der Waals surface area contributed by atoms with Crippen LogP contribution >= 0.6 is 0 Å². The minimum absolute atomic E-state index is 0.0416. The lowest BCUT2D eigenvalue weighted by atomic mass is 10.2. The lowest BCUT2D eigenvalue weighted by Crippen LogP contribution is -2.48. The van der Waals surface area contributed by atoms with Crippen molar-refractivity contribution in [3.8, 4) is 0 Å². The van der Waals surface area contributed by atoms with E-state index in [0.717, 1.165) is 12.8 Å². The quantitative estimate of drug-likeness (QED) is 0.807. The number of hydrogen-bond donors (Lipinski definition) is 1. The summed E-state index contributed by atoms with van der Waals surface area (Å²) in [4.78, 5) is 12.5. The second-order valence-corrected chi connectivity index (χ2v) is 9.22. The zero-order chi connectivity index (χ0) is 19.9. The molecule has 1 saturated carbocycles. The fraction of sp³-hybridized carbons (Fsp3) is 0.500. The molecule has 1 N–H and O–H groups in total. The van der Waals surface area contributed by atoms with E-state index in [1.165, 1.54) is 28.6 Å². The summed E-state index contributed by atoms with van der Waals surface area (Å²) in [5, 5.41) is 10.3. The van der Waals surface area contributed by atoms with Crippen molar-refractivity contribution in [3.63, 3.8) is 0 Å². The molecule has 0 unspecified atom stereocenters. The van der Waals surface area contributed by atoms with Crippen LogP contribution in [0.2, 0.25) is 0 Å². The van der Waals surface area contributed by atoms with Crippen molar-refractivity contribution in [2.75, 3.05) is 18.4 Å². The molecule has 1 aliphatic heterocycles. The number of nitrogens with zero attached hydrogens (tertiary/aromatic N) is 3. The van der Waals surface area contributed by atoms with Crippen LogP contribution in [0.3, 0.4) is 0 Å². The Hall–Kier alpha value is -2.30. The zero-order valence-corrected chi connectivity index (χ0v) is 16.5. The normalized spacial score (nSPS) is 23.5. The highest BCUT2D eigenvalue weighted by Gasteiger charge is 2.32. The largest absolute Gasteiger partial charge is 0.408 e. The molecule has 0 spiro atoms. The van der Waals surface area contributed by atoms with Crippen molar-refractivity contribution in [1.82, 2.24) is 14.5 Å². The molecule has 1 amide bonds. The average molecular weight is 406 g/mol. The van der Waals surface area contributed by atoms with Gasteiger partial charge < -0.3 is 9.15 Å². The van der Waals surface area contributed by atoms with Gasteiger partial charge in [-0.25, -0.2) is 8.42 Å². The highest BCUT2D eigenvalue weighted by Crippen LogP contribution is 2.39. The number of amides is 1. The fourth-order valence-corrected chi connectivity index (χ4v) is 4.79. The van der Waals surface area contributed by atoms with Gasteiger partial charge in [-0.3, -0.25) is 10.1 Å². The number of carbonyl (C=O) groups excluding carboxylic acids is 1. The molecule has 1 aliphatic carbocycles. The van der Waals surface area contributed by atoms with Crippen molar-refractivity contribution in [3.05, 3.63) is 35.7 Å². The molecule has 0 bridgehead atoms. The first-order valence-electron chi connectivity index (χ1n) is 9.23. The first kappa shape index (κ1) is 19.0. The van der Waals surface area contributed by atoms with Crippen LogP contribution in [0.4, 0.5) is 6.01 Å². The molecule has 1 saturated heterocycles. The molecule has 2 fully saturated rings. The molecule has 9 nitrogen and oxygen atoms in total. The van der Waals surface area contributed by atoms with Crippen molar-refractivity contribution < 1.29 is 22.4 Å². The highest BCUT2D eigenvalue weighted by molar-refractivity contribution is 7.89. The maximum Gasteiger partial charge on any atom is 0.322 e. The smallest absolute Gasteiger partial charge is 0.322 e. The Labute approximate surface area is 163 Å². The number of rotatable bonds is 5. The standard InChI is InChI=1S/C18H22N4O5S/c1-11-9-22(10-12(2)26-11)28(24,25)15-7-5-13(6-8-15)16(23)19-18-21-20-17(27-18)14-3-4-14/h5-8,11-12,14H,3-4,9-10H2,1-2H3,(H,19,21,23)/t11-,12+. The summed E-state index contributed by atoms with van der Waals surface area (Å²) in [6.45, 7) is 4.29. The molecular formula is C18H22N4O5S. The van der Waals surface area contributed by atoms with Gasteiger partial charge in [0.2, 0.25) is 15.9 Å². The number of aromatic nitrogens is 2. The van der Waals surface area contributed by atoms with E-state index in [1.54, 1.807) is 0 Å². The van der Waals surface area contributed by atoms with Crippen LogP contribution in [0.5, 0.6) is 0 Å². The molecule has 150 valence electrons. The van der Waals surface area contributed by atoms with E-state index in [0.29, 0.717) is 30.5 Å². The van der Waals surface area contributed by atoms with E-state index in [4.69, 9.17) is 9.15 Å². The van der Waals surface area contributed by atoms with Gasteiger partial charge in [0.15, 0.2) is 0 Å². The number of ether oxygens (including phenoxy) is 1. The maximum atomic E-state index is 12.9. The third-order valence-electron chi connectivity index (χ3n) is 4.73. The van der Waals surface area contributed by atoms with Crippen molar-refractivity contribution in [2.45, 2.75) is 49.7 Å². The number of carbonyl (C=O) groups is 1. The minimum atomic E-state index is -3.65. The Morgan fingerprint density at radius 3 is 2.36 bits per heavy atom. The third-order valence-corrected chi connectivity index (χ3v) is 6.57. The molecular weight excluding hydrogens is 384 g/mol. The lowest BCUT2D eigenvalue weighted by Gasteiger charge is -2.34. The van der Waals surface area contributed by atoms with E-state index in [9.17, 15) is 13.2 Å². The van der Waals surface area contributed by atoms with Crippen LogP contribution in [-0.4, -0.2) is 54.1 Å². The molecule has 2 aliphatic rings. The number of benzene rings is 1. The summed E-state index contributed by atoms with van der Waals surface area (Å²) in [6.07, 6.45) is 1.70. The van der Waals surface area contributed by atoms with Crippen molar-refractivity contribution in [2.24, 2.45) is 0 Å². The molecule has 2 atom stereocenters. The average Bonchev–Trinajstić information content (AvgIpc) is 3.40. The Bertz CT molecular complexity index is 958. The molecule has 4 rings (SSSR count). The SMILES string of the molecule is C[C@@H]1CN(S(=O)(=O)c2ccc(C(=O)Nc3nnc(C4CC4)o3)cc2)C[C@H](C)O1. The maximum absolute atomic E-state index is 12.9. The van der Waals surface area contributed by atoms with Gasteiger partial charge in [0.25, 0.3) is 5.91 Å². The molecule has 28 heavy (non-hydrogen) atoms. The van der Waals surface area contributed by atoms with Gasteiger partial charge in [-0.05, 0) is 51.0 Å². The number of nitrogens with one attached hydrogen (secondary N) is 1. The third kappa shape index (κ3) is 3.94. The summed E-state index contributed by atoms with van der Waals surface area (Å²) < 4.78 is 38.1. The summed E-state index contributed by atoms with van der Waals surface area (Å²) in [5.41, 5.74) is 0.300. The van der Waals surface area contributed by atoms with E-state index < -0.39 is 15.9 Å². The predicted molar refractivity (Wildman–Crippen MR) is 99.4 cm³/mol. The summed E-state index contributed by atoms with van der Waals surface area (Å²) in [5.74, 6) is 0.391. The first-order valence-corrected chi connectivity index (χ1v) is 10.7. The number of morpholine rings is 1. The second-order valence-electron chi connectivity index (χ2n) is 7.28. The van der Waals surface area contributed by atoms with E-state index >= 15 is 0 Å². The monoisotopic (exact) mass is 406 g/mol. The molecule has 10 heteroatoms. The van der Waals surface area contributed by atoms with Gasteiger partial charge in [-0.15, -0.1) is 5.10 Å². The summed E-state index contributed by atoms with van der Waals surface area (Å²) in [6, 6.07) is 5.83. The van der Waals surface area contributed by atoms with Crippen molar-refractivity contribution in [1.29, 1.82) is 0 Å². The molecule has 0 radical (unpaired) electrons. The molecule has 2 heterocycles. The van der Waals surface area contributed by atoms with Crippen LogP contribution in [0.15, 0.2) is 33.6 Å². The molecule has 1 aromatic carbocycles. The van der Waals surface area contributed by atoms with Crippen LogP contribution in [0, 0.1) is 0 Å². The minimum Gasteiger partial charge on any atom is -0.408 e. The van der Waals surface area contributed by atoms with E-state index in [1.807, 2.05) is 13.8 Å². The Kier molecular flexibility index (Phi) is 4.94. The van der Waals surface area contributed by atoms with Gasteiger partial charge in [-0.1, -0.05) is 5.10 Å². The Balaban J connectivity index is 1.45. The highest BCUT2D eigenvalue weighted by atomic mass is 32.2. The van der Waals surface area contributed by atoms with Crippen LogP contribution in [0.25, 0.3) is 0 Å². The van der Waals surface area contributed by atoms with Gasteiger partial charge in [0.1, 0.15) is 0 Å². The Morgan fingerprint density at radius 1 is 1.11 bits per heavy atom. The summed E-state index contributed by atoms with van der Waals surface area (Å²) in [7, 11) is -3.65. The first-order chi connectivity index (χ1) is 13.3. The van der Waals surface area contributed by atoms with Crippen molar-refractivity contribution >= 4 is 21.9 Å². The lowest BCUT2D eigenvalue weighted by molar-refractivity contribution is -0.0440. The van der Waals surface area contributed by atoms with Crippen LogP contribution in [-0.2, 0) is 14.8 Å². The van der Waals surface area contributed by atoms with Gasteiger partial charge in [-0.2, -0.15) is 4.31 Å². The van der Waals surface area contributed by atoms with E-state index in [-0.39, 0.29) is 23.1 Å². The molecule has 1 aromatic heterocycles. The number of sulfonamides is 1. The number of hydrogen-bond acceptors (Lipinski definition) is 7. The van der Waals surface area contributed by atoms with E-state index in [2.05, 4.69) is 15.5 Å². The summed E-state index contributed by atoms with van der Waals surface area (Å²) >= 11 is 0. The van der Waals surface area contributed by atoms with Crippen LogP contribution in [0.1, 0.15) is 48.9 Å². The second kappa shape index (κ2) is 7.26. The zero-order valence-electron chi connectivity index (χ0n) is 15.7. The predicted octanol–water partition coefficient (Wildman–Crippen LogP) is 2.00. The van der Waals surface area contributed by atoms with Gasteiger partial charge in [0.05, 0.1) is 17.1 Å². The Morgan fingerprint density at radius 2 is 1.75 bits per heavy atom. The topological polar surface area (TPSA) is 115 Å².